The highest BCUT2D eigenvalue weighted by Crippen LogP contribution is 2.20. The highest BCUT2D eigenvalue weighted by atomic mass is 127. The van der Waals surface area contributed by atoms with E-state index in [0.717, 1.165) is 44.0 Å². The van der Waals surface area contributed by atoms with Gasteiger partial charge >= 0.3 is 0 Å². The number of piperidine rings is 1. The second-order valence-corrected chi connectivity index (χ2v) is 7.24. The number of carbonyl (C=O) groups is 1. The molecule has 29 heavy (non-hydrogen) atoms. The normalized spacial score (nSPS) is 15.0. The zero-order chi connectivity index (χ0) is 19.8. The standard InChI is InChI=1S/C21H30N6O.HI/c1-22-20(28)12-17-8-10-26(11-9-17)21(23-2)24-13-19-14-25-27(16-19)15-18-6-4-3-5-7-18;/h3-7,14,16-17H,8-13,15H2,1-2H3,(H,22,28)(H,23,24);1H. The van der Waals surface area contributed by atoms with Crippen LogP contribution in [-0.2, 0) is 17.9 Å². The summed E-state index contributed by atoms with van der Waals surface area (Å²) in [5, 5.41) is 10.6. The molecule has 0 radical (unpaired) electrons. The lowest BCUT2D eigenvalue weighted by atomic mass is 9.93. The van der Waals surface area contributed by atoms with Crippen LogP contribution in [0.4, 0.5) is 0 Å². The van der Waals surface area contributed by atoms with Gasteiger partial charge in [-0.1, -0.05) is 30.3 Å². The fraction of sp³-hybridized carbons (Fsp3) is 0.476. The number of amides is 1. The molecule has 0 unspecified atom stereocenters. The van der Waals surface area contributed by atoms with Crippen LogP contribution in [0.25, 0.3) is 0 Å². The maximum absolute atomic E-state index is 11.6. The van der Waals surface area contributed by atoms with Crippen LogP contribution < -0.4 is 10.6 Å². The third-order valence-corrected chi connectivity index (χ3v) is 5.20. The van der Waals surface area contributed by atoms with Gasteiger partial charge in [-0.05, 0) is 24.3 Å². The van der Waals surface area contributed by atoms with Crippen molar-refractivity contribution in [1.82, 2.24) is 25.3 Å². The second-order valence-electron chi connectivity index (χ2n) is 7.24. The van der Waals surface area contributed by atoms with Crippen molar-refractivity contribution in [3.8, 4) is 0 Å². The minimum Gasteiger partial charge on any atom is -0.359 e. The van der Waals surface area contributed by atoms with Gasteiger partial charge in [-0.2, -0.15) is 5.10 Å². The number of nitrogens with zero attached hydrogens (tertiary/aromatic N) is 4. The predicted molar refractivity (Wildman–Crippen MR) is 126 cm³/mol. The number of hydrogen-bond donors (Lipinski definition) is 2. The van der Waals surface area contributed by atoms with Crippen LogP contribution in [0.5, 0.6) is 0 Å². The van der Waals surface area contributed by atoms with Gasteiger partial charge in [0.15, 0.2) is 5.96 Å². The Morgan fingerprint density at radius 2 is 1.93 bits per heavy atom. The third-order valence-electron chi connectivity index (χ3n) is 5.20. The largest absolute Gasteiger partial charge is 0.359 e. The van der Waals surface area contributed by atoms with Crippen LogP contribution in [0.3, 0.4) is 0 Å². The number of hydrogen-bond acceptors (Lipinski definition) is 3. The van der Waals surface area contributed by atoms with E-state index in [0.29, 0.717) is 18.9 Å². The lowest BCUT2D eigenvalue weighted by molar-refractivity contribution is -0.121. The Morgan fingerprint density at radius 3 is 2.59 bits per heavy atom. The van der Waals surface area contributed by atoms with Crippen LogP contribution in [0.2, 0.25) is 0 Å². The van der Waals surface area contributed by atoms with Crippen molar-refractivity contribution in [3.05, 3.63) is 53.9 Å². The maximum atomic E-state index is 11.6. The molecule has 0 atom stereocenters. The van der Waals surface area contributed by atoms with Crippen molar-refractivity contribution in [1.29, 1.82) is 0 Å². The molecule has 2 N–H and O–H groups in total. The van der Waals surface area contributed by atoms with Gasteiger partial charge in [0.25, 0.3) is 0 Å². The molecule has 1 aromatic heterocycles. The topological polar surface area (TPSA) is 74.5 Å². The van der Waals surface area contributed by atoms with Crippen molar-refractivity contribution < 1.29 is 4.79 Å². The molecular formula is C21H31IN6O. The SMILES string of the molecule is CN=C(NCc1cnn(Cc2ccccc2)c1)N1CCC(CC(=O)NC)CC1.I. The molecule has 1 aromatic carbocycles. The first-order chi connectivity index (χ1) is 13.7. The van der Waals surface area contributed by atoms with Crippen LogP contribution in [0.1, 0.15) is 30.4 Å². The zero-order valence-corrected chi connectivity index (χ0v) is 19.5. The molecule has 0 bridgehead atoms. The Kier molecular flexibility index (Phi) is 9.43. The van der Waals surface area contributed by atoms with E-state index in [1.54, 1.807) is 7.05 Å². The number of rotatable bonds is 6. The summed E-state index contributed by atoms with van der Waals surface area (Å²) in [7, 11) is 3.52. The van der Waals surface area contributed by atoms with Gasteiger partial charge in [-0.15, -0.1) is 24.0 Å². The molecule has 3 rings (SSSR count). The molecule has 0 spiro atoms. The van der Waals surface area contributed by atoms with E-state index in [9.17, 15) is 4.79 Å². The average molecular weight is 510 g/mol. The van der Waals surface area contributed by atoms with Gasteiger partial charge in [0.05, 0.1) is 12.7 Å². The number of halogens is 1. The van der Waals surface area contributed by atoms with Gasteiger partial charge in [-0.25, -0.2) is 0 Å². The Morgan fingerprint density at radius 1 is 1.21 bits per heavy atom. The molecule has 1 amide bonds. The number of carbonyl (C=O) groups excluding carboxylic acids is 1. The van der Waals surface area contributed by atoms with E-state index >= 15 is 0 Å². The monoisotopic (exact) mass is 510 g/mol. The first-order valence-electron chi connectivity index (χ1n) is 9.89. The van der Waals surface area contributed by atoms with Crippen LogP contribution in [-0.4, -0.2) is 53.7 Å². The van der Waals surface area contributed by atoms with Crippen molar-refractivity contribution in [2.75, 3.05) is 27.2 Å². The second kappa shape index (κ2) is 11.8. The average Bonchev–Trinajstić information content (AvgIpc) is 3.17. The fourth-order valence-electron chi connectivity index (χ4n) is 3.58. The van der Waals surface area contributed by atoms with Crippen molar-refractivity contribution in [2.24, 2.45) is 10.9 Å². The maximum Gasteiger partial charge on any atom is 0.220 e. The van der Waals surface area contributed by atoms with Crippen LogP contribution >= 0.6 is 24.0 Å². The third kappa shape index (κ3) is 7.02. The Hall–Kier alpha value is -2.10. The number of nitrogens with one attached hydrogen (secondary N) is 2. The lowest BCUT2D eigenvalue weighted by Gasteiger charge is -2.34. The molecule has 158 valence electrons. The fourth-order valence-corrected chi connectivity index (χ4v) is 3.58. The minimum absolute atomic E-state index is 0. The number of benzene rings is 1. The highest BCUT2D eigenvalue weighted by Gasteiger charge is 2.23. The molecule has 7 nitrogen and oxygen atoms in total. The zero-order valence-electron chi connectivity index (χ0n) is 17.2. The first kappa shape index (κ1) is 23.2. The Bertz CT molecular complexity index is 783. The summed E-state index contributed by atoms with van der Waals surface area (Å²) in [6.45, 7) is 3.32. The number of aromatic nitrogens is 2. The van der Waals surface area contributed by atoms with E-state index in [4.69, 9.17) is 0 Å². The summed E-state index contributed by atoms with van der Waals surface area (Å²) >= 11 is 0. The number of aliphatic imine (C=N–C) groups is 1. The van der Waals surface area contributed by atoms with E-state index < -0.39 is 0 Å². The van der Waals surface area contributed by atoms with E-state index in [2.05, 4.69) is 44.0 Å². The summed E-state index contributed by atoms with van der Waals surface area (Å²) in [5.41, 5.74) is 2.37. The van der Waals surface area contributed by atoms with Gasteiger partial charge < -0.3 is 15.5 Å². The molecule has 2 aromatic rings. The number of guanidine groups is 1. The molecule has 1 fully saturated rings. The molecule has 0 saturated carbocycles. The van der Waals surface area contributed by atoms with E-state index in [1.165, 1.54) is 5.56 Å². The molecule has 2 heterocycles. The molecule has 0 aliphatic carbocycles. The highest BCUT2D eigenvalue weighted by molar-refractivity contribution is 14.0. The van der Waals surface area contributed by atoms with E-state index in [1.807, 2.05) is 36.1 Å². The smallest absolute Gasteiger partial charge is 0.220 e. The van der Waals surface area contributed by atoms with Gasteiger partial charge in [0.2, 0.25) is 5.91 Å². The minimum atomic E-state index is 0. The Balaban J connectivity index is 0.00000300. The lowest BCUT2D eigenvalue weighted by Crippen LogP contribution is -2.45. The summed E-state index contributed by atoms with van der Waals surface area (Å²) in [6.07, 6.45) is 6.63. The Labute approximate surface area is 190 Å². The summed E-state index contributed by atoms with van der Waals surface area (Å²) in [4.78, 5) is 18.3. The van der Waals surface area contributed by atoms with Crippen molar-refractivity contribution >= 4 is 35.8 Å². The first-order valence-corrected chi connectivity index (χ1v) is 9.89. The van der Waals surface area contributed by atoms with Gasteiger partial charge in [-0.3, -0.25) is 14.5 Å². The molecule has 1 saturated heterocycles. The summed E-state index contributed by atoms with van der Waals surface area (Å²) < 4.78 is 1.96. The molecule has 8 heteroatoms. The molecular weight excluding hydrogens is 479 g/mol. The summed E-state index contributed by atoms with van der Waals surface area (Å²) in [6, 6.07) is 10.3. The molecule has 1 aliphatic heterocycles. The predicted octanol–water partition coefficient (Wildman–Crippen LogP) is 2.47. The molecule has 1 aliphatic rings. The van der Waals surface area contributed by atoms with Crippen molar-refractivity contribution in [3.63, 3.8) is 0 Å². The quantitative estimate of drug-likeness (QED) is 0.356. The van der Waals surface area contributed by atoms with Gasteiger partial charge in [0.1, 0.15) is 0 Å². The van der Waals surface area contributed by atoms with Crippen molar-refractivity contribution in [2.45, 2.75) is 32.4 Å². The van der Waals surface area contributed by atoms with E-state index in [-0.39, 0.29) is 29.9 Å². The van der Waals surface area contributed by atoms with Gasteiger partial charge in [0, 0.05) is 51.9 Å². The summed E-state index contributed by atoms with van der Waals surface area (Å²) in [5.74, 6) is 1.51. The van der Waals surface area contributed by atoms with Crippen LogP contribution in [0, 0.1) is 5.92 Å². The number of likely N-dealkylation sites (tertiary alicyclic amines) is 1. The van der Waals surface area contributed by atoms with Crippen LogP contribution in [0.15, 0.2) is 47.7 Å².